The van der Waals surface area contributed by atoms with Crippen molar-refractivity contribution in [3.8, 4) is 11.5 Å². The van der Waals surface area contributed by atoms with Crippen LogP contribution in [0.5, 0.6) is 11.5 Å². The number of rotatable bonds is 6. The minimum atomic E-state index is -3.68. The maximum atomic E-state index is 13.3. The number of fused-ring (bicyclic) bond motifs is 4. The number of amides is 1. The smallest absolute Gasteiger partial charge is 0.274 e. The molecule has 9 nitrogen and oxygen atoms in total. The van der Waals surface area contributed by atoms with Crippen molar-refractivity contribution in [2.75, 3.05) is 32.6 Å². The Bertz CT molecular complexity index is 1450. The van der Waals surface area contributed by atoms with Gasteiger partial charge in [0, 0.05) is 36.8 Å². The summed E-state index contributed by atoms with van der Waals surface area (Å²) in [5, 5.41) is 2.71. The van der Waals surface area contributed by atoms with E-state index in [0.29, 0.717) is 36.7 Å². The standard InChI is InChI=1S/C26H27N3O6S/c1-34-20-5-3-18(4-6-20)25(30)27-23-11-12-24-19-13-17(15-29(24)26(23)31)14-28(16-19)36(32,33)22-9-7-21(35-2)8-10-22/h3-12,17,19H,13-16H2,1-2H3,(H,27,30)/t17-,19-/m1/s1. The van der Waals surface area contributed by atoms with Gasteiger partial charge in [-0.1, -0.05) is 0 Å². The van der Waals surface area contributed by atoms with Crippen LogP contribution in [0.2, 0.25) is 0 Å². The predicted octanol–water partition coefficient (Wildman–Crippen LogP) is 2.93. The van der Waals surface area contributed by atoms with Gasteiger partial charge >= 0.3 is 0 Å². The zero-order valence-corrected chi connectivity index (χ0v) is 20.8. The SMILES string of the molecule is COc1ccc(C(=O)Nc2ccc3n(c2=O)C[C@@H]2C[C@@H]3CN(S(=O)(=O)c3ccc(OC)cc3)C2)cc1. The van der Waals surface area contributed by atoms with E-state index in [0.717, 1.165) is 12.1 Å². The van der Waals surface area contributed by atoms with Crippen molar-refractivity contribution in [2.24, 2.45) is 5.92 Å². The molecule has 10 heteroatoms. The summed E-state index contributed by atoms with van der Waals surface area (Å²) in [7, 11) is -0.597. The molecule has 1 fully saturated rings. The fraction of sp³-hybridized carbons (Fsp3) is 0.308. The van der Waals surface area contributed by atoms with Crippen LogP contribution < -0.4 is 20.3 Å². The normalized spacial score (nSPS) is 19.3. The first-order chi connectivity index (χ1) is 17.3. The molecule has 2 atom stereocenters. The maximum absolute atomic E-state index is 13.3. The van der Waals surface area contributed by atoms with Crippen molar-refractivity contribution < 1.29 is 22.7 Å². The van der Waals surface area contributed by atoms with Crippen molar-refractivity contribution in [3.63, 3.8) is 0 Å². The van der Waals surface area contributed by atoms with E-state index in [1.54, 1.807) is 66.3 Å². The molecule has 1 N–H and O–H groups in total. The van der Waals surface area contributed by atoms with Gasteiger partial charge < -0.3 is 19.4 Å². The molecular weight excluding hydrogens is 482 g/mol. The topological polar surface area (TPSA) is 107 Å². The second kappa shape index (κ2) is 9.44. The van der Waals surface area contributed by atoms with Gasteiger partial charge in [-0.25, -0.2) is 8.42 Å². The highest BCUT2D eigenvalue weighted by Crippen LogP contribution is 2.37. The highest BCUT2D eigenvalue weighted by Gasteiger charge is 2.39. The Hall–Kier alpha value is -3.63. The van der Waals surface area contributed by atoms with E-state index in [1.807, 2.05) is 6.07 Å². The lowest BCUT2D eigenvalue weighted by molar-refractivity contribution is 0.102. The highest BCUT2D eigenvalue weighted by molar-refractivity contribution is 7.89. The minimum absolute atomic E-state index is 0.00508. The number of nitrogens with one attached hydrogen (secondary N) is 1. The van der Waals surface area contributed by atoms with Crippen molar-refractivity contribution in [3.05, 3.63) is 82.3 Å². The van der Waals surface area contributed by atoms with E-state index in [-0.39, 0.29) is 33.9 Å². The molecule has 1 saturated heterocycles. The van der Waals surface area contributed by atoms with E-state index in [2.05, 4.69) is 5.32 Å². The molecule has 2 aliphatic rings. The van der Waals surface area contributed by atoms with Crippen molar-refractivity contribution in [1.29, 1.82) is 0 Å². The van der Waals surface area contributed by atoms with E-state index in [9.17, 15) is 18.0 Å². The third-order valence-electron chi connectivity index (χ3n) is 6.87. The predicted molar refractivity (Wildman–Crippen MR) is 134 cm³/mol. The summed E-state index contributed by atoms with van der Waals surface area (Å²) >= 11 is 0. The summed E-state index contributed by atoms with van der Waals surface area (Å²) in [4.78, 5) is 26.2. The van der Waals surface area contributed by atoms with Gasteiger partial charge in [-0.2, -0.15) is 4.31 Å². The van der Waals surface area contributed by atoms with Crippen LogP contribution in [0.15, 0.2) is 70.4 Å². The van der Waals surface area contributed by atoms with Crippen molar-refractivity contribution in [2.45, 2.75) is 23.8 Å². The molecule has 36 heavy (non-hydrogen) atoms. The lowest BCUT2D eigenvalue weighted by atomic mass is 9.84. The highest BCUT2D eigenvalue weighted by atomic mass is 32.2. The summed E-state index contributed by atoms with van der Waals surface area (Å²) in [5.74, 6) is 0.727. The molecule has 1 aromatic heterocycles. The molecule has 2 bridgehead atoms. The summed E-state index contributed by atoms with van der Waals surface area (Å²) < 4.78 is 40.1. The average Bonchev–Trinajstić information content (AvgIpc) is 2.90. The number of hydrogen-bond donors (Lipinski definition) is 1. The minimum Gasteiger partial charge on any atom is -0.497 e. The Morgan fingerprint density at radius 2 is 1.53 bits per heavy atom. The summed E-state index contributed by atoms with van der Waals surface area (Å²) in [6.07, 6.45) is 0.811. The summed E-state index contributed by atoms with van der Waals surface area (Å²) in [6.45, 7) is 1.02. The van der Waals surface area contributed by atoms with E-state index in [1.165, 1.54) is 11.4 Å². The number of aromatic nitrogens is 1. The second-order valence-electron chi connectivity index (χ2n) is 9.07. The number of benzene rings is 2. The van der Waals surface area contributed by atoms with Crippen molar-refractivity contribution >= 4 is 21.6 Å². The zero-order chi connectivity index (χ0) is 25.4. The van der Waals surface area contributed by atoms with Crippen LogP contribution in [0.25, 0.3) is 0 Å². The third kappa shape index (κ3) is 4.38. The van der Waals surface area contributed by atoms with Gasteiger partial charge in [0.15, 0.2) is 0 Å². The molecule has 1 amide bonds. The number of hydrogen-bond acceptors (Lipinski definition) is 6. The van der Waals surface area contributed by atoms with Gasteiger partial charge in [-0.15, -0.1) is 0 Å². The molecule has 2 aromatic carbocycles. The number of ether oxygens (including phenoxy) is 2. The fourth-order valence-electron chi connectivity index (χ4n) is 5.03. The van der Waals surface area contributed by atoms with E-state index >= 15 is 0 Å². The van der Waals surface area contributed by atoms with Gasteiger partial charge in [0.2, 0.25) is 10.0 Å². The van der Waals surface area contributed by atoms with Crippen LogP contribution in [-0.4, -0.2) is 50.5 Å². The monoisotopic (exact) mass is 509 g/mol. The number of carbonyl (C=O) groups excluding carboxylic acids is 1. The lowest BCUT2D eigenvalue weighted by Crippen LogP contribution is -2.49. The second-order valence-corrected chi connectivity index (χ2v) is 11.0. The fourth-order valence-corrected chi connectivity index (χ4v) is 6.59. The molecule has 0 spiro atoms. The van der Waals surface area contributed by atoms with E-state index in [4.69, 9.17) is 9.47 Å². The Balaban J connectivity index is 1.37. The number of piperidine rings is 1. The Labute approximate surface area is 209 Å². The Kier molecular flexibility index (Phi) is 6.31. The average molecular weight is 510 g/mol. The molecule has 2 aliphatic heterocycles. The first-order valence-corrected chi connectivity index (χ1v) is 13.1. The van der Waals surface area contributed by atoms with Crippen LogP contribution in [0.3, 0.4) is 0 Å². The van der Waals surface area contributed by atoms with Gasteiger partial charge in [0.25, 0.3) is 11.5 Å². The summed E-state index contributed by atoms with van der Waals surface area (Å²) in [6, 6.07) is 16.4. The van der Waals surface area contributed by atoms with Crippen LogP contribution in [-0.2, 0) is 16.6 Å². The first-order valence-electron chi connectivity index (χ1n) is 11.6. The van der Waals surface area contributed by atoms with Crippen LogP contribution in [0, 0.1) is 5.92 Å². The molecule has 3 heterocycles. The third-order valence-corrected chi connectivity index (χ3v) is 8.71. The Morgan fingerprint density at radius 1 is 0.889 bits per heavy atom. The molecule has 3 aromatic rings. The van der Waals surface area contributed by atoms with Crippen LogP contribution in [0.4, 0.5) is 5.69 Å². The largest absolute Gasteiger partial charge is 0.497 e. The van der Waals surface area contributed by atoms with E-state index < -0.39 is 10.0 Å². The molecule has 188 valence electrons. The molecular formula is C26H27N3O6S. The first kappa shape index (κ1) is 24.1. The maximum Gasteiger partial charge on any atom is 0.274 e. The number of sulfonamides is 1. The lowest BCUT2D eigenvalue weighted by Gasteiger charge is -2.42. The number of methoxy groups -OCH3 is 2. The number of carbonyl (C=O) groups is 1. The molecule has 0 radical (unpaired) electrons. The van der Waals surface area contributed by atoms with Gasteiger partial charge in [0.1, 0.15) is 17.2 Å². The number of nitrogens with zero attached hydrogens (tertiary/aromatic N) is 2. The Morgan fingerprint density at radius 3 is 2.17 bits per heavy atom. The van der Waals surface area contributed by atoms with Crippen LogP contribution in [0.1, 0.15) is 28.4 Å². The summed E-state index contributed by atoms with van der Waals surface area (Å²) in [5.41, 5.74) is 1.11. The molecule has 5 rings (SSSR count). The molecule has 0 unspecified atom stereocenters. The van der Waals surface area contributed by atoms with Crippen LogP contribution >= 0.6 is 0 Å². The van der Waals surface area contributed by atoms with Crippen molar-refractivity contribution in [1.82, 2.24) is 8.87 Å². The number of pyridine rings is 1. The molecule has 0 saturated carbocycles. The van der Waals surface area contributed by atoms with Gasteiger partial charge in [0.05, 0.1) is 19.1 Å². The van der Waals surface area contributed by atoms with Gasteiger partial charge in [-0.05, 0) is 73.0 Å². The quantitative estimate of drug-likeness (QED) is 0.548. The van der Waals surface area contributed by atoms with Gasteiger partial charge in [-0.3, -0.25) is 9.59 Å². The molecule has 0 aliphatic carbocycles. The zero-order valence-electron chi connectivity index (χ0n) is 20.0. The number of anilines is 1.